The fourth-order valence-corrected chi connectivity index (χ4v) is 2.65. The van der Waals surface area contributed by atoms with E-state index in [1.54, 1.807) is 18.6 Å². The number of amides is 1. The summed E-state index contributed by atoms with van der Waals surface area (Å²) in [6, 6.07) is 9.95. The van der Waals surface area contributed by atoms with E-state index in [1.807, 2.05) is 56.1 Å². The first kappa shape index (κ1) is 18.5. The summed E-state index contributed by atoms with van der Waals surface area (Å²) in [5.74, 6) is 0.467. The third-order valence-corrected chi connectivity index (χ3v) is 4.39. The van der Waals surface area contributed by atoms with Crippen molar-refractivity contribution < 1.29 is 4.79 Å². The Morgan fingerprint density at radius 2 is 1.85 bits per heavy atom. The van der Waals surface area contributed by atoms with E-state index in [1.165, 1.54) is 11.8 Å². The summed E-state index contributed by atoms with van der Waals surface area (Å²) in [5, 5.41) is 2.90. The van der Waals surface area contributed by atoms with Crippen LogP contribution >= 0.6 is 0 Å². The molecule has 27 heavy (non-hydrogen) atoms. The number of benzene rings is 1. The van der Waals surface area contributed by atoms with Crippen molar-refractivity contribution in [1.82, 2.24) is 15.0 Å². The van der Waals surface area contributed by atoms with Gasteiger partial charge in [-0.3, -0.25) is 9.78 Å². The van der Waals surface area contributed by atoms with Crippen LogP contribution in [0.15, 0.2) is 55.1 Å². The number of anilines is 2. The molecule has 0 aliphatic heterocycles. The van der Waals surface area contributed by atoms with Crippen LogP contribution in [0.5, 0.6) is 0 Å². The molecule has 0 aliphatic carbocycles. The summed E-state index contributed by atoms with van der Waals surface area (Å²) in [6.45, 7) is 4.75. The number of hydrogen-bond donors (Lipinski definition) is 1. The predicted octanol–water partition coefficient (Wildman–Crippen LogP) is 3.42. The second-order valence-electron chi connectivity index (χ2n) is 6.56. The number of nitrogens with zero attached hydrogens (tertiary/aromatic N) is 4. The van der Waals surface area contributed by atoms with Crippen LogP contribution in [0.3, 0.4) is 0 Å². The van der Waals surface area contributed by atoms with Gasteiger partial charge in [-0.1, -0.05) is 12.1 Å². The molecule has 2 heterocycles. The first-order valence-corrected chi connectivity index (χ1v) is 8.83. The Bertz CT molecular complexity index is 910. The van der Waals surface area contributed by atoms with E-state index in [-0.39, 0.29) is 5.91 Å². The molecule has 0 unspecified atom stereocenters. The SMILES string of the molecule is Cc1ccc(C)c(NC(=O)c2cnc(N(C)CCc3ccncc3)cn2)c1. The monoisotopic (exact) mass is 361 g/mol. The lowest BCUT2D eigenvalue weighted by atomic mass is 10.1. The second-order valence-corrected chi connectivity index (χ2v) is 6.56. The maximum Gasteiger partial charge on any atom is 0.275 e. The standard InChI is InChI=1S/C21H23N5O/c1-15-4-5-16(2)18(12-15)25-21(27)19-13-24-20(14-23-19)26(3)11-8-17-6-9-22-10-7-17/h4-7,9-10,12-14H,8,11H2,1-3H3,(H,25,27). The maximum atomic E-state index is 12.4. The van der Waals surface area contributed by atoms with Crippen LogP contribution in [0, 0.1) is 13.8 Å². The van der Waals surface area contributed by atoms with E-state index in [2.05, 4.69) is 20.3 Å². The minimum Gasteiger partial charge on any atom is -0.358 e. The lowest BCUT2D eigenvalue weighted by molar-refractivity contribution is 0.102. The molecule has 0 saturated heterocycles. The first-order chi connectivity index (χ1) is 13.0. The highest BCUT2D eigenvalue weighted by atomic mass is 16.1. The number of nitrogens with one attached hydrogen (secondary N) is 1. The van der Waals surface area contributed by atoms with Crippen LogP contribution in [-0.2, 0) is 6.42 Å². The van der Waals surface area contributed by atoms with E-state index < -0.39 is 0 Å². The number of carbonyl (C=O) groups is 1. The Labute approximate surface area is 159 Å². The van der Waals surface area contributed by atoms with Crippen LogP contribution in [0.4, 0.5) is 11.5 Å². The largest absolute Gasteiger partial charge is 0.358 e. The van der Waals surface area contributed by atoms with Crippen molar-refractivity contribution in [3.63, 3.8) is 0 Å². The fourth-order valence-electron chi connectivity index (χ4n) is 2.65. The lowest BCUT2D eigenvalue weighted by Gasteiger charge is -2.17. The molecule has 6 nitrogen and oxygen atoms in total. The summed E-state index contributed by atoms with van der Waals surface area (Å²) in [5.41, 5.74) is 4.40. The van der Waals surface area contributed by atoms with E-state index in [9.17, 15) is 4.79 Å². The van der Waals surface area contributed by atoms with Crippen molar-refractivity contribution in [3.8, 4) is 0 Å². The molecular weight excluding hydrogens is 338 g/mol. The number of rotatable bonds is 6. The van der Waals surface area contributed by atoms with Gasteiger partial charge in [0.25, 0.3) is 5.91 Å². The molecule has 0 atom stereocenters. The topological polar surface area (TPSA) is 71.0 Å². The van der Waals surface area contributed by atoms with Crippen molar-refractivity contribution >= 4 is 17.4 Å². The second kappa shape index (κ2) is 8.40. The van der Waals surface area contributed by atoms with Crippen molar-refractivity contribution in [2.45, 2.75) is 20.3 Å². The average Bonchev–Trinajstić information content (AvgIpc) is 2.70. The van der Waals surface area contributed by atoms with E-state index >= 15 is 0 Å². The Balaban J connectivity index is 1.62. The molecule has 138 valence electrons. The molecule has 0 aliphatic rings. The highest BCUT2D eigenvalue weighted by molar-refractivity contribution is 6.03. The minimum absolute atomic E-state index is 0.262. The van der Waals surface area contributed by atoms with Gasteiger partial charge in [-0.25, -0.2) is 9.97 Å². The lowest BCUT2D eigenvalue weighted by Crippen LogP contribution is -2.22. The predicted molar refractivity (Wildman–Crippen MR) is 107 cm³/mol. The zero-order valence-corrected chi connectivity index (χ0v) is 15.8. The van der Waals surface area contributed by atoms with Gasteiger partial charge in [0.05, 0.1) is 12.4 Å². The molecule has 2 aromatic heterocycles. The van der Waals surface area contributed by atoms with Crippen molar-refractivity contribution in [3.05, 3.63) is 77.5 Å². The fraction of sp³-hybridized carbons (Fsp3) is 0.238. The van der Waals surface area contributed by atoms with Gasteiger partial charge in [-0.15, -0.1) is 0 Å². The quantitative estimate of drug-likeness (QED) is 0.728. The maximum absolute atomic E-state index is 12.4. The zero-order valence-electron chi connectivity index (χ0n) is 15.8. The molecule has 0 spiro atoms. The number of hydrogen-bond acceptors (Lipinski definition) is 5. The summed E-state index contributed by atoms with van der Waals surface area (Å²) >= 11 is 0. The molecular formula is C21H23N5O. The number of likely N-dealkylation sites (N-methyl/N-ethyl adjacent to an activating group) is 1. The first-order valence-electron chi connectivity index (χ1n) is 8.83. The van der Waals surface area contributed by atoms with Crippen molar-refractivity contribution in [2.24, 2.45) is 0 Å². The summed E-state index contributed by atoms with van der Waals surface area (Å²) < 4.78 is 0. The molecule has 1 N–H and O–H groups in total. The Kier molecular flexibility index (Phi) is 5.76. The van der Waals surface area contributed by atoms with Crippen molar-refractivity contribution in [1.29, 1.82) is 0 Å². The zero-order chi connectivity index (χ0) is 19.2. The highest BCUT2D eigenvalue weighted by Gasteiger charge is 2.11. The molecule has 1 aromatic carbocycles. The molecule has 3 rings (SSSR count). The van der Waals surface area contributed by atoms with Gasteiger partial charge in [0, 0.05) is 31.7 Å². The number of aromatic nitrogens is 3. The van der Waals surface area contributed by atoms with Gasteiger partial charge in [-0.2, -0.15) is 0 Å². The Hall–Kier alpha value is -3.28. The van der Waals surface area contributed by atoms with Gasteiger partial charge in [0.1, 0.15) is 11.5 Å². The van der Waals surface area contributed by atoms with Gasteiger partial charge in [0.15, 0.2) is 0 Å². The van der Waals surface area contributed by atoms with Gasteiger partial charge < -0.3 is 10.2 Å². The third-order valence-electron chi connectivity index (χ3n) is 4.39. The van der Waals surface area contributed by atoms with Crippen molar-refractivity contribution in [2.75, 3.05) is 23.8 Å². The van der Waals surface area contributed by atoms with Gasteiger partial charge in [-0.05, 0) is 55.2 Å². The molecule has 1 amide bonds. The van der Waals surface area contributed by atoms with Crippen LogP contribution in [0.2, 0.25) is 0 Å². The summed E-state index contributed by atoms with van der Waals surface area (Å²) in [6.07, 6.45) is 7.61. The van der Waals surface area contributed by atoms with Crippen LogP contribution < -0.4 is 10.2 Å². The highest BCUT2D eigenvalue weighted by Crippen LogP contribution is 2.17. The smallest absolute Gasteiger partial charge is 0.275 e. The van der Waals surface area contributed by atoms with Gasteiger partial charge >= 0.3 is 0 Å². The molecule has 6 heteroatoms. The normalized spacial score (nSPS) is 10.5. The number of carbonyl (C=O) groups excluding carboxylic acids is 1. The summed E-state index contributed by atoms with van der Waals surface area (Å²) in [7, 11) is 1.96. The van der Waals surface area contributed by atoms with E-state index in [0.29, 0.717) is 5.69 Å². The Morgan fingerprint density at radius 1 is 1.07 bits per heavy atom. The Morgan fingerprint density at radius 3 is 2.56 bits per heavy atom. The van der Waals surface area contributed by atoms with E-state index in [0.717, 1.165) is 35.6 Å². The molecule has 0 fully saturated rings. The average molecular weight is 361 g/mol. The molecule has 0 saturated carbocycles. The minimum atomic E-state index is -0.262. The number of pyridine rings is 1. The summed E-state index contributed by atoms with van der Waals surface area (Å²) in [4.78, 5) is 27.1. The molecule has 3 aromatic rings. The van der Waals surface area contributed by atoms with Crippen LogP contribution in [-0.4, -0.2) is 34.5 Å². The van der Waals surface area contributed by atoms with Crippen LogP contribution in [0.1, 0.15) is 27.2 Å². The van der Waals surface area contributed by atoms with Crippen LogP contribution in [0.25, 0.3) is 0 Å². The number of aryl methyl sites for hydroxylation is 2. The van der Waals surface area contributed by atoms with E-state index in [4.69, 9.17) is 0 Å². The third kappa shape index (κ3) is 4.88. The molecule has 0 bridgehead atoms. The molecule has 0 radical (unpaired) electrons. The van der Waals surface area contributed by atoms with Gasteiger partial charge in [0.2, 0.25) is 0 Å².